The molecule has 4 nitrogen and oxygen atoms in total. The molecule has 0 saturated heterocycles. The molecular weight excluding hydrogens is 268 g/mol. The number of rotatable bonds is 2. The number of aliphatic hydroxyl groups is 1. The second-order valence-corrected chi connectivity index (χ2v) is 6.92. The van der Waals surface area contributed by atoms with Gasteiger partial charge in [0, 0.05) is 24.2 Å². The average molecular weight is 290 g/mol. The zero-order valence-corrected chi connectivity index (χ0v) is 12.6. The molecule has 0 radical (unpaired) electrons. The molecule has 3 rings (SSSR count). The van der Waals surface area contributed by atoms with Gasteiger partial charge in [-0.1, -0.05) is 25.2 Å². The average Bonchev–Trinajstić information content (AvgIpc) is 2.55. The monoisotopic (exact) mass is 290 g/mol. The van der Waals surface area contributed by atoms with Gasteiger partial charge in [0.2, 0.25) is 0 Å². The highest BCUT2D eigenvalue weighted by atomic mass is 16.5. The maximum absolute atomic E-state index is 12.5. The molecule has 0 amide bonds. The molecular formula is C17H22O4. The van der Waals surface area contributed by atoms with Crippen molar-refractivity contribution >= 4 is 11.8 Å². The topological polar surface area (TPSA) is 63.6 Å². The van der Waals surface area contributed by atoms with Crippen molar-refractivity contribution in [1.29, 1.82) is 0 Å². The van der Waals surface area contributed by atoms with Gasteiger partial charge in [0.1, 0.15) is 0 Å². The third-order valence-corrected chi connectivity index (χ3v) is 6.12. The van der Waals surface area contributed by atoms with Gasteiger partial charge in [0.05, 0.1) is 5.60 Å². The van der Waals surface area contributed by atoms with Crippen LogP contribution in [0.5, 0.6) is 0 Å². The fourth-order valence-electron chi connectivity index (χ4n) is 5.07. The molecule has 114 valence electrons. The van der Waals surface area contributed by atoms with Gasteiger partial charge in [-0.2, -0.15) is 0 Å². The van der Waals surface area contributed by atoms with Crippen molar-refractivity contribution < 1.29 is 19.4 Å². The molecule has 21 heavy (non-hydrogen) atoms. The summed E-state index contributed by atoms with van der Waals surface area (Å²) in [5, 5.41) is 11.2. The van der Waals surface area contributed by atoms with Crippen LogP contribution in [0.1, 0.15) is 39.5 Å². The Hall–Kier alpha value is -1.42. The summed E-state index contributed by atoms with van der Waals surface area (Å²) in [6.45, 7) is 7.25. The number of hydrogen-bond acceptors (Lipinski definition) is 4. The first-order valence-corrected chi connectivity index (χ1v) is 7.53. The molecule has 0 aliphatic heterocycles. The Bertz CT molecular complexity index is 551. The van der Waals surface area contributed by atoms with E-state index in [9.17, 15) is 14.7 Å². The fourth-order valence-corrected chi connectivity index (χ4v) is 5.07. The Morgan fingerprint density at radius 2 is 2.29 bits per heavy atom. The van der Waals surface area contributed by atoms with E-state index in [2.05, 4.69) is 6.58 Å². The van der Waals surface area contributed by atoms with Gasteiger partial charge in [-0.25, -0.2) is 0 Å². The molecule has 0 aromatic carbocycles. The Morgan fingerprint density at radius 3 is 2.90 bits per heavy atom. The second-order valence-electron chi connectivity index (χ2n) is 6.92. The lowest BCUT2D eigenvalue weighted by Crippen LogP contribution is -2.64. The van der Waals surface area contributed by atoms with Crippen LogP contribution in [-0.2, 0) is 14.3 Å². The second kappa shape index (κ2) is 4.29. The lowest BCUT2D eigenvalue weighted by Gasteiger charge is -2.57. The fraction of sp³-hybridized carbons (Fsp3) is 0.647. The van der Waals surface area contributed by atoms with Crippen LogP contribution in [0, 0.1) is 16.7 Å². The van der Waals surface area contributed by atoms with E-state index in [0.717, 1.165) is 12.8 Å². The van der Waals surface area contributed by atoms with Gasteiger partial charge in [0.15, 0.2) is 11.9 Å². The van der Waals surface area contributed by atoms with Crippen molar-refractivity contribution in [3.8, 4) is 0 Å². The zero-order valence-electron chi connectivity index (χ0n) is 12.6. The number of esters is 1. The van der Waals surface area contributed by atoms with Crippen LogP contribution in [-0.4, -0.2) is 28.6 Å². The van der Waals surface area contributed by atoms with E-state index in [-0.39, 0.29) is 18.1 Å². The maximum Gasteiger partial charge on any atom is 0.303 e. The van der Waals surface area contributed by atoms with Gasteiger partial charge < -0.3 is 9.84 Å². The van der Waals surface area contributed by atoms with Gasteiger partial charge in [-0.15, -0.1) is 6.58 Å². The number of ether oxygens (including phenoxy) is 1. The lowest BCUT2D eigenvalue weighted by atomic mass is 9.49. The van der Waals surface area contributed by atoms with Crippen molar-refractivity contribution in [2.24, 2.45) is 16.7 Å². The number of ketones is 1. The number of hydrogen-bond donors (Lipinski definition) is 1. The van der Waals surface area contributed by atoms with Crippen LogP contribution in [0.15, 0.2) is 24.8 Å². The molecule has 4 heteroatoms. The molecule has 3 aliphatic rings. The third kappa shape index (κ3) is 1.54. The number of carbonyl (C=O) groups is 2. The number of carbonyl (C=O) groups excluding carboxylic acids is 2. The molecule has 3 aliphatic carbocycles. The minimum absolute atomic E-state index is 0.0569. The highest BCUT2D eigenvalue weighted by Gasteiger charge is 2.75. The number of allylic oxidation sites excluding steroid dienone is 2. The van der Waals surface area contributed by atoms with E-state index < -0.39 is 28.5 Å². The lowest BCUT2D eigenvalue weighted by molar-refractivity contribution is -0.193. The van der Waals surface area contributed by atoms with Crippen LogP contribution in [0.4, 0.5) is 0 Å². The van der Waals surface area contributed by atoms with Crippen LogP contribution in [0.3, 0.4) is 0 Å². The quantitative estimate of drug-likeness (QED) is 0.625. The van der Waals surface area contributed by atoms with Gasteiger partial charge in [-0.3, -0.25) is 9.59 Å². The molecule has 5 atom stereocenters. The summed E-state index contributed by atoms with van der Waals surface area (Å²) in [4.78, 5) is 24.0. The maximum atomic E-state index is 12.5. The third-order valence-electron chi connectivity index (χ3n) is 6.12. The van der Waals surface area contributed by atoms with Crippen molar-refractivity contribution in [3.05, 3.63) is 24.8 Å². The highest BCUT2D eigenvalue weighted by molar-refractivity contribution is 5.90. The van der Waals surface area contributed by atoms with Crippen LogP contribution in [0.25, 0.3) is 0 Å². The molecule has 0 spiro atoms. The zero-order chi connectivity index (χ0) is 15.5. The van der Waals surface area contributed by atoms with E-state index in [0.29, 0.717) is 6.42 Å². The first kappa shape index (κ1) is 14.5. The van der Waals surface area contributed by atoms with Crippen LogP contribution < -0.4 is 0 Å². The standard InChI is InChI=1S/C17H22O4/c1-4-12-9-16(20)10-13(19)14(21-11(2)18)17(12)8-6-5-7-15(16,17)3/h4,6,8,12,14,20H,1,5,7,9-10H2,2-3H3/t12-,14-,15-,16-,17-/m0/s1. The van der Waals surface area contributed by atoms with E-state index in [4.69, 9.17) is 4.74 Å². The molecule has 2 saturated carbocycles. The summed E-state index contributed by atoms with van der Waals surface area (Å²) in [7, 11) is 0. The molecule has 0 heterocycles. The molecule has 2 fully saturated rings. The van der Waals surface area contributed by atoms with Gasteiger partial charge >= 0.3 is 5.97 Å². The molecule has 0 aromatic heterocycles. The first-order chi connectivity index (χ1) is 9.81. The Labute approximate surface area is 124 Å². The predicted molar refractivity (Wildman–Crippen MR) is 77.3 cm³/mol. The summed E-state index contributed by atoms with van der Waals surface area (Å²) in [5.74, 6) is -0.704. The summed E-state index contributed by atoms with van der Waals surface area (Å²) < 4.78 is 5.44. The summed E-state index contributed by atoms with van der Waals surface area (Å²) in [6, 6.07) is 0. The highest BCUT2D eigenvalue weighted by Crippen LogP contribution is 2.71. The Kier molecular flexibility index (Phi) is 2.97. The van der Waals surface area contributed by atoms with E-state index in [1.807, 2.05) is 19.1 Å². The van der Waals surface area contributed by atoms with Crippen molar-refractivity contribution in [3.63, 3.8) is 0 Å². The summed E-state index contributed by atoms with van der Waals surface area (Å²) >= 11 is 0. The number of Topliss-reactive ketones (excluding diaryl/α,β-unsaturated/α-hetero) is 1. The van der Waals surface area contributed by atoms with Crippen molar-refractivity contribution in [2.75, 3.05) is 0 Å². The Balaban J connectivity index is 2.23. The molecule has 1 N–H and O–H groups in total. The van der Waals surface area contributed by atoms with Crippen LogP contribution >= 0.6 is 0 Å². The molecule has 2 bridgehead atoms. The molecule has 0 unspecified atom stereocenters. The van der Waals surface area contributed by atoms with Crippen molar-refractivity contribution in [1.82, 2.24) is 0 Å². The van der Waals surface area contributed by atoms with Gasteiger partial charge in [-0.05, 0) is 25.2 Å². The smallest absolute Gasteiger partial charge is 0.303 e. The predicted octanol–water partition coefficient (Wildman–Crippen LogP) is 2.17. The van der Waals surface area contributed by atoms with Crippen molar-refractivity contribution in [2.45, 2.75) is 51.2 Å². The summed E-state index contributed by atoms with van der Waals surface area (Å²) in [5.41, 5.74) is -2.17. The Morgan fingerprint density at radius 1 is 1.57 bits per heavy atom. The van der Waals surface area contributed by atoms with Gasteiger partial charge in [0.25, 0.3) is 0 Å². The normalized spacial score (nSPS) is 47.9. The summed E-state index contributed by atoms with van der Waals surface area (Å²) in [6.07, 6.45) is 7.25. The molecule has 0 aromatic rings. The van der Waals surface area contributed by atoms with E-state index in [1.165, 1.54) is 6.92 Å². The largest absolute Gasteiger partial charge is 0.454 e. The minimum Gasteiger partial charge on any atom is -0.454 e. The first-order valence-electron chi connectivity index (χ1n) is 7.53. The van der Waals surface area contributed by atoms with E-state index in [1.54, 1.807) is 6.08 Å². The van der Waals surface area contributed by atoms with Crippen LogP contribution in [0.2, 0.25) is 0 Å². The van der Waals surface area contributed by atoms with E-state index >= 15 is 0 Å². The minimum atomic E-state index is -1.04. The SMILES string of the molecule is C=C[C@H]1C[C@]2(O)CC(=O)[C@H](OC(C)=O)[C@]13C=CCC[C@@]23C.